The van der Waals surface area contributed by atoms with E-state index < -0.39 is 0 Å². The van der Waals surface area contributed by atoms with Crippen molar-refractivity contribution in [2.75, 3.05) is 6.61 Å². The Bertz CT molecular complexity index is 711. The quantitative estimate of drug-likeness (QED) is 0.729. The van der Waals surface area contributed by atoms with E-state index in [2.05, 4.69) is 25.1 Å². The summed E-state index contributed by atoms with van der Waals surface area (Å²) in [4.78, 5) is 12.5. The lowest BCUT2D eigenvalue weighted by Crippen LogP contribution is -2.18. The highest BCUT2D eigenvalue weighted by atomic mass is 16.5. The van der Waals surface area contributed by atoms with Crippen LogP contribution in [0.25, 0.3) is 6.08 Å². The molecule has 2 heteroatoms. The normalized spacial score (nSPS) is 15.9. The van der Waals surface area contributed by atoms with Gasteiger partial charge in [-0.25, -0.2) is 0 Å². The van der Waals surface area contributed by atoms with Crippen molar-refractivity contribution >= 4 is 11.9 Å². The first kappa shape index (κ1) is 12.7. The second kappa shape index (κ2) is 4.97. The van der Waals surface area contributed by atoms with Gasteiger partial charge in [0, 0.05) is 5.57 Å². The van der Waals surface area contributed by atoms with Crippen molar-refractivity contribution in [3.05, 3.63) is 70.3 Å². The van der Waals surface area contributed by atoms with Gasteiger partial charge in [-0.2, -0.15) is 0 Å². The van der Waals surface area contributed by atoms with Crippen LogP contribution in [-0.2, 0) is 0 Å². The molecule has 0 aromatic heterocycles. The molecule has 0 radical (unpaired) electrons. The molecule has 0 saturated heterocycles. The molecule has 1 aliphatic rings. The number of carbonyl (C=O) groups excluding carboxylic acids is 1. The first-order chi connectivity index (χ1) is 9.65. The maximum absolute atomic E-state index is 12.5. The Morgan fingerprint density at radius 1 is 1.10 bits per heavy atom. The van der Waals surface area contributed by atoms with Crippen LogP contribution in [0.2, 0.25) is 0 Å². The minimum absolute atomic E-state index is 0.0627. The molecule has 0 bridgehead atoms. The van der Waals surface area contributed by atoms with Crippen LogP contribution < -0.4 is 4.74 Å². The molecule has 2 nitrogen and oxygen atoms in total. The fourth-order valence-electron chi connectivity index (χ4n) is 2.38. The van der Waals surface area contributed by atoms with Crippen LogP contribution in [0.1, 0.15) is 27.0 Å². The van der Waals surface area contributed by atoms with Gasteiger partial charge < -0.3 is 4.74 Å². The molecule has 0 atom stereocenters. The molecule has 100 valence electrons. The molecule has 0 amide bonds. The van der Waals surface area contributed by atoms with Crippen molar-refractivity contribution in [2.45, 2.75) is 13.8 Å². The molecular formula is C18H16O2. The number of aryl methyl sites for hydroxylation is 2. The Balaban J connectivity index is 2.02. The molecule has 1 heterocycles. The van der Waals surface area contributed by atoms with E-state index in [0.29, 0.717) is 23.5 Å². The summed E-state index contributed by atoms with van der Waals surface area (Å²) in [6.07, 6.45) is 1.95. The number of para-hydroxylation sites is 1. The summed E-state index contributed by atoms with van der Waals surface area (Å²) in [5, 5.41) is 0. The Labute approximate surface area is 118 Å². The largest absolute Gasteiger partial charge is 0.488 e. The van der Waals surface area contributed by atoms with Gasteiger partial charge in [-0.1, -0.05) is 35.9 Å². The molecule has 0 spiro atoms. The maximum atomic E-state index is 12.5. The zero-order valence-electron chi connectivity index (χ0n) is 11.6. The number of hydrogen-bond acceptors (Lipinski definition) is 2. The minimum Gasteiger partial charge on any atom is -0.488 e. The number of ether oxygens (including phenoxy) is 1. The number of rotatable bonds is 1. The molecule has 0 fully saturated rings. The van der Waals surface area contributed by atoms with E-state index in [1.807, 2.05) is 37.3 Å². The summed E-state index contributed by atoms with van der Waals surface area (Å²) in [7, 11) is 0. The Kier molecular flexibility index (Phi) is 3.15. The number of carbonyl (C=O) groups is 1. The highest BCUT2D eigenvalue weighted by molar-refractivity contribution is 6.14. The van der Waals surface area contributed by atoms with Crippen molar-refractivity contribution in [1.29, 1.82) is 0 Å². The number of fused-ring (bicyclic) bond motifs is 1. The second-order valence-corrected chi connectivity index (χ2v) is 5.14. The summed E-state index contributed by atoms with van der Waals surface area (Å²) in [5.41, 5.74) is 4.78. The van der Waals surface area contributed by atoms with Gasteiger partial charge in [0.2, 0.25) is 0 Å². The first-order valence-electron chi connectivity index (χ1n) is 6.69. The summed E-state index contributed by atoms with van der Waals surface area (Å²) >= 11 is 0. The standard InChI is InChI=1S/C18H16O2/c1-12-7-8-13(2)14(9-12)10-15-11-20-17-6-4-3-5-16(17)18(15)19/h3-10H,11H2,1-2H3. The summed E-state index contributed by atoms with van der Waals surface area (Å²) < 4.78 is 5.66. The van der Waals surface area contributed by atoms with Gasteiger partial charge in [0.15, 0.2) is 5.78 Å². The van der Waals surface area contributed by atoms with Crippen molar-refractivity contribution in [3.8, 4) is 5.75 Å². The van der Waals surface area contributed by atoms with E-state index in [-0.39, 0.29) is 5.78 Å². The average Bonchev–Trinajstić information content (AvgIpc) is 2.46. The van der Waals surface area contributed by atoms with E-state index in [9.17, 15) is 4.79 Å². The van der Waals surface area contributed by atoms with Gasteiger partial charge in [-0.15, -0.1) is 0 Å². The topological polar surface area (TPSA) is 26.3 Å². The third-order valence-corrected chi connectivity index (χ3v) is 3.57. The molecule has 0 aliphatic carbocycles. The summed E-state index contributed by atoms with van der Waals surface area (Å²) in [6, 6.07) is 13.6. The smallest absolute Gasteiger partial charge is 0.196 e. The van der Waals surface area contributed by atoms with Crippen molar-refractivity contribution < 1.29 is 9.53 Å². The number of hydrogen-bond donors (Lipinski definition) is 0. The lowest BCUT2D eigenvalue weighted by Gasteiger charge is -2.18. The molecule has 2 aromatic carbocycles. The van der Waals surface area contributed by atoms with Crippen LogP contribution in [0.5, 0.6) is 5.75 Å². The Morgan fingerprint density at radius 3 is 2.75 bits per heavy atom. The molecular weight excluding hydrogens is 248 g/mol. The third kappa shape index (κ3) is 2.25. The molecule has 20 heavy (non-hydrogen) atoms. The van der Waals surface area contributed by atoms with Gasteiger partial charge >= 0.3 is 0 Å². The maximum Gasteiger partial charge on any atom is 0.196 e. The van der Waals surface area contributed by atoms with Crippen molar-refractivity contribution in [1.82, 2.24) is 0 Å². The number of Topliss-reactive ketones (excluding diaryl/α,β-unsaturated/α-hetero) is 1. The Hall–Kier alpha value is -2.35. The SMILES string of the molecule is Cc1ccc(C)c(C=C2COc3ccccc3C2=O)c1. The van der Waals surface area contributed by atoms with E-state index in [0.717, 1.165) is 11.1 Å². The van der Waals surface area contributed by atoms with E-state index in [4.69, 9.17) is 4.74 Å². The van der Waals surface area contributed by atoms with Crippen LogP contribution >= 0.6 is 0 Å². The molecule has 3 rings (SSSR count). The van der Waals surface area contributed by atoms with E-state index in [1.165, 1.54) is 5.56 Å². The van der Waals surface area contributed by atoms with Crippen molar-refractivity contribution in [2.24, 2.45) is 0 Å². The second-order valence-electron chi connectivity index (χ2n) is 5.14. The fourth-order valence-corrected chi connectivity index (χ4v) is 2.38. The predicted molar refractivity (Wildman–Crippen MR) is 80.2 cm³/mol. The van der Waals surface area contributed by atoms with Gasteiger partial charge in [0.1, 0.15) is 12.4 Å². The minimum atomic E-state index is 0.0627. The van der Waals surface area contributed by atoms with E-state index >= 15 is 0 Å². The summed E-state index contributed by atoms with van der Waals surface area (Å²) in [6.45, 7) is 4.44. The van der Waals surface area contributed by atoms with Gasteiger partial charge in [-0.3, -0.25) is 4.79 Å². The van der Waals surface area contributed by atoms with Crippen LogP contribution in [0.15, 0.2) is 48.0 Å². The van der Waals surface area contributed by atoms with Crippen LogP contribution in [0, 0.1) is 13.8 Å². The van der Waals surface area contributed by atoms with E-state index in [1.54, 1.807) is 0 Å². The highest BCUT2D eigenvalue weighted by Gasteiger charge is 2.22. The number of benzene rings is 2. The van der Waals surface area contributed by atoms with Gasteiger partial charge in [0.25, 0.3) is 0 Å². The molecule has 0 unspecified atom stereocenters. The third-order valence-electron chi connectivity index (χ3n) is 3.57. The van der Waals surface area contributed by atoms with Crippen LogP contribution in [0.4, 0.5) is 0 Å². The highest BCUT2D eigenvalue weighted by Crippen LogP contribution is 2.28. The summed E-state index contributed by atoms with van der Waals surface area (Å²) in [5.74, 6) is 0.739. The van der Waals surface area contributed by atoms with Crippen molar-refractivity contribution in [3.63, 3.8) is 0 Å². The zero-order valence-corrected chi connectivity index (χ0v) is 11.6. The van der Waals surface area contributed by atoms with Gasteiger partial charge in [-0.05, 0) is 43.2 Å². The fraction of sp³-hybridized carbons (Fsp3) is 0.167. The molecule has 0 saturated carbocycles. The van der Waals surface area contributed by atoms with Crippen LogP contribution in [0.3, 0.4) is 0 Å². The zero-order chi connectivity index (χ0) is 14.1. The lowest BCUT2D eigenvalue weighted by molar-refractivity contribution is 0.100. The molecule has 2 aromatic rings. The first-order valence-corrected chi connectivity index (χ1v) is 6.69. The molecule has 0 N–H and O–H groups in total. The average molecular weight is 264 g/mol. The van der Waals surface area contributed by atoms with Gasteiger partial charge in [0.05, 0.1) is 5.56 Å². The van der Waals surface area contributed by atoms with Crippen LogP contribution in [-0.4, -0.2) is 12.4 Å². The lowest BCUT2D eigenvalue weighted by atomic mass is 9.96. The molecule has 1 aliphatic heterocycles. The number of ketones is 1. The predicted octanol–water partition coefficient (Wildman–Crippen LogP) is 3.96. The monoisotopic (exact) mass is 264 g/mol. The Morgan fingerprint density at radius 2 is 1.90 bits per heavy atom.